The summed E-state index contributed by atoms with van der Waals surface area (Å²) in [5.41, 5.74) is 8.61. The van der Waals surface area contributed by atoms with Gasteiger partial charge in [0.05, 0.1) is 13.2 Å². The summed E-state index contributed by atoms with van der Waals surface area (Å²) in [7, 11) is 1.66. The summed E-state index contributed by atoms with van der Waals surface area (Å²) < 4.78 is 5.15. The fourth-order valence-electron chi connectivity index (χ4n) is 1.97. The van der Waals surface area contributed by atoms with Crippen LogP contribution in [0.15, 0.2) is 48.5 Å². The maximum atomic E-state index is 11.0. The van der Waals surface area contributed by atoms with Crippen LogP contribution in [0.3, 0.4) is 0 Å². The van der Waals surface area contributed by atoms with E-state index in [4.69, 9.17) is 10.5 Å². The lowest BCUT2D eigenvalue weighted by Gasteiger charge is -2.10. The topological polar surface area (TPSA) is 64.3 Å². The van der Waals surface area contributed by atoms with Gasteiger partial charge in [-0.25, -0.2) is 0 Å². The minimum atomic E-state index is -0.343. The monoisotopic (exact) mass is 284 g/mol. The third-order valence-electron chi connectivity index (χ3n) is 3.42. The van der Waals surface area contributed by atoms with Crippen molar-refractivity contribution in [3.8, 4) is 16.9 Å². The van der Waals surface area contributed by atoms with Crippen molar-refractivity contribution in [2.75, 3.05) is 7.11 Å². The van der Waals surface area contributed by atoms with E-state index in [9.17, 15) is 4.79 Å². The van der Waals surface area contributed by atoms with Gasteiger partial charge in [0.25, 0.3) is 0 Å². The maximum absolute atomic E-state index is 11.0. The van der Waals surface area contributed by atoms with E-state index in [0.29, 0.717) is 6.54 Å². The highest BCUT2D eigenvalue weighted by Gasteiger charge is 2.07. The second kappa shape index (κ2) is 6.90. The van der Waals surface area contributed by atoms with Crippen LogP contribution in [-0.4, -0.2) is 19.1 Å². The molecule has 0 aliphatic rings. The van der Waals surface area contributed by atoms with Crippen molar-refractivity contribution < 1.29 is 9.53 Å². The highest BCUT2D eigenvalue weighted by Crippen LogP contribution is 2.22. The smallest absolute Gasteiger partial charge is 0.234 e. The molecular weight excluding hydrogens is 264 g/mol. The molecule has 0 heterocycles. The SMILES string of the molecule is COc1ccc(-c2ccc(CNC(C)C(N)=O)cc2)cc1. The second-order valence-corrected chi connectivity index (χ2v) is 4.93. The van der Waals surface area contributed by atoms with E-state index in [1.165, 1.54) is 0 Å². The molecule has 21 heavy (non-hydrogen) atoms. The van der Waals surface area contributed by atoms with Crippen LogP contribution < -0.4 is 15.8 Å². The second-order valence-electron chi connectivity index (χ2n) is 4.93. The van der Waals surface area contributed by atoms with Crippen LogP contribution in [0.5, 0.6) is 5.75 Å². The number of carbonyl (C=O) groups excluding carboxylic acids is 1. The fraction of sp³-hybridized carbons (Fsp3) is 0.235. The largest absolute Gasteiger partial charge is 0.497 e. The Bertz CT molecular complexity index is 591. The minimum absolute atomic E-state index is 0.328. The number of ether oxygens (including phenoxy) is 1. The van der Waals surface area contributed by atoms with Gasteiger partial charge >= 0.3 is 0 Å². The zero-order chi connectivity index (χ0) is 15.2. The summed E-state index contributed by atoms with van der Waals surface area (Å²) in [5.74, 6) is 0.505. The van der Waals surface area contributed by atoms with Gasteiger partial charge in [-0.3, -0.25) is 4.79 Å². The van der Waals surface area contributed by atoms with Crippen molar-refractivity contribution in [2.45, 2.75) is 19.5 Å². The van der Waals surface area contributed by atoms with Crippen molar-refractivity contribution >= 4 is 5.91 Å². The summed E-state index contributed by atoms with van der Waals surface area (Å²) in [6, 6.07) is 15.8. The summed E-state index contributed by atoms with van der Waals surface area (Å²) >= 11 is 0. The molecule has 3 N–H and O–H groups in total. The van der Waals surface area contributed by atoms with E-state index >= 15 is 0 Å². The minimum Gasteiger partial charge on any atom is -0.497 e. The summed E-state index contributed by atoms with van der Waals surface area (Å²) in [5, 5.41) is 3.08. The van der Waals surface area contributed by atoms with Gasteiger partial charge in [-0.2, -0.15) is 0 Å². The van der Waals surface area contributed by atoms with Gasteiger partial charge in [0.15, 0.2) is 0 Å². The fourth-order valence-corrected chi connectivity index (χ4v) is 1.97. The van der Waals surface area contributed by atoms with Crippen molar-refractivity contribution in [1.82, 2.24) is 5.32 Å². The van der Waals surface area contributed by atoms with Crippen molar-refractivity contribution in [3.05, 3.63) is 54.1 Å². The quantitative estimate of drug-likeness (QED) is 0.855. The normalized spacial score (nSPS) is 11.9. The first kappa shape index (κ1) is 15.1. The van der Waals surface area contributed by atoms with Gasteiger partial charge in [-0.1, -0.05) is 36.4 Å². The Labute approximate surface area is 124 Å². The molecule has 4 heteroatoms. The van der Waals surface area contributed by atoms with E-state index in [1.807, 2.05) is 36.4 Å². The number of hydrogen-bond acceptors (Lipinski definition) is 3. The molecule has 110 valence electrons. The average molecular weight is 284 g/mol. The summed E-state index contributed by atoms with van der Waals surface area (Å²) in [6.07, 6.45) is 0. The first-order chi connectivity index (χ1) is 10.1. The Balaban J connectivity index is 2.02. The predicted octanol–water partition coefficient (Wildman–Crippen LogP) is 2.33. The molecule has 4 nitrogen and oxygen atoms in total. The molecule has 0 saturated heterocycles. The lowest BCUT2D eigenvalue weighted by Crippen LogP contribution is -2.38. The van der Waals surface area contributed by atoms with Gasteiger partial charge in [0, 0.05) is 6.54 Å². The Morgan fingerprint density at radius 1 is 1.10 bits per heavy atom. The molecule has 0 fully saturated rings. The van der Waals surface area contributed by atoms with Crippen LogP contribution in [-0.2, 0) is 11.3 Å². The Morgan fingerprint density at radius 3 is 2.10 bits per heavy atom. The third-order valence-corrected chi connectivity index (χ3v) is 3.42. The molecule has 1 atom stereocenters. The molecule has 0 bridgehead atoms. The summed E-state index contributed by atoms with van der Waals surface area (Å²) in [6.45, 7) is 2.38. The Kier molecular flexibility index (Phi) is 4.95. The molecule has 2 rings (SSSR count). The molecule has 1 unspecified atom stereocenters. The zero-order valence-electron chi connectivity index (χ0n) is 12.3. The van der Waals surface area contributed by atoms with Crippen LogP contribution in [0.2, 0.25) is 0 Å². The van der Waals surface area contributed by atoms with Gasteiger partial charge < -0.3 is 15.8 Å². The zero-order valence-corrected chi connectivity index (χ0v) is 12.3. The first-order valence-electron chi connectivity index (χ1n) is 6.86. The van der Waals surface area contributed by atoms with Gasteiger partial charge in [-0.15, -0.1) is 0 Å². The van der Waals surface area contributed by atoms with Crippen molar-refractivity contribution in [2.24, 2.45) is 5.73 Å². The molecule has 0 saturated carbocycles. The predicted molar refractivity (Wildman–Crippen MR) is 83.9 cm³/mol. The number of rotatable bonds is 6. The molecule has 0 aliphatic heterocycles. The van der Waals surface area contributed by atoms with Crippen LogP contribution in [0, 0.1) is 0 Å². The molecule has 0 aromatic heterocycles. The number of primary amides is 1. The van der Waals surface area contributed by atoms with Crippen LogP contribution in [0.4, 0.5) is 0 Å². The molecule has 2 aromatic carbocycles. The first-order valence-corrected chi connectivity index (χ1v) is 6.86. The highest BCUT2D eigenvalue weighted by atomic mass is 16.5. The van der Waals surface area contributed by atoms with Gasteiger partial charge in [-0.05, 0) is 35.7 Å². The molecule has 2 aromatic rings. The van der Waals surface area contributed by atoms with Crippen molar-refractivity contribution in [1.29, 1.82) is 0 Å². The standard InChI is InChI=1S/C17H20N2O2/c1-12(17(18)20)19-11-13-3-5-14(6-4-13)15-7-9-16(21-2)10-8-15/h3-10,12,19H,11H2,1-2H3,(H2,18,20). The number of nitrogens with two attached hydrogens (primary N) is 1. The Hall–Kier alpha value is -2.33. The van der Waals surface area contributed by atoms with Crippen LogP contribution in [0.1, 0.15) is 12.5 Å². The number of hydrogen-bond donors (Lipinski definition) is 2. The maximum Gasteiger partial charge on any atom is 0.234 e. The lowest BCUT2D eigenvalue weighted by atomic mass is 10.0. The highest BCUT2D eigenvalue weighted by molar-refractivity contribution is 5.79. The van der Waals surface area contributed by atoms with Gasteiger partial charge in [0.2, 0.25) is 5.91 Å². The van der Waals surface area contributed by atoms with Gasteiger partial charge in [0.1, 0.15) is 5.75 Å². The van der Waals surface area contributed by atoms with Crippen LogP contribution >= 0.6 is 0 Å². The van der Waals surface area contributed by atoms with E-state index < -0.39 is 0 Å². The van der Waals surface area contributed by atoms with E-state index in [0.717, 1.165) is 22.4 Å². The summed E-state index contributed by atoms with van der Waals surface area (Å²) in [4.78, 5) is 11.0. The number of amides is 1. The molecule has 0 spiro atoms. The lowest BCUT2D eigenvalue weighted by molar-refractivity contribution is -0.119. The third kappa shape index (κ3) is 4.07. The average Bonchev–Trinajstić information content (AvgIpc) is 2.53. The molecule has 1 amide bonds. The van der Waals surface area contributed by atoms with E-state index in [-0.39, 0.29) is 11.9 Å². The number of methoxy groups -OCH3 is 1. The van der Waals surface area contributed by atoms with E-state index in [1.54, 1.807) is 14.0 Å². The van der Waals surface area contributed by atoms with Crippen LogP contribution in [0.25, 0.3) is 11.1 Å². The molecular formula is C17H20N2O2. The molecule has 0 aliphatic carbocycles. The number of carbonyl (C=O) groups is 1. The van der Waals surface area contributed by atoms with Crippen molar-refractivity contribution in [3.63, 3.8) is 0 Å². The Morgan fingerprint density at radius 2 is 1.62 bits per heavy atom. The number of nitrogens with one attached hydrogen (secondary N) is 1. The van der Waals surface area contributed by atoms with E-state index in [2.05, 4.69) is 17.4 Å². The molecule has 0 radical (unpaired) electrons. The number of benzene rings is 2.